The van der Waals surface area contributed by atoms with Crippen molar-refractivity contribution in [1.82, 2.24) is 4.98 Å². The lowest BCUT2D eigenvalue weighted by molar-refractivity contribution is -0.122. The summed E-state index contributed by atoms with van der Waals surface area (Å²) >= 11 is 1.38. The van der Waals surface area contributed by atoms with Crippen LogP contribution < -0.4 is 10.1 Å². The lowest BCUT2D eigenvalue weighted by Crippen LogP contribution is -2.30. The van der Waals surface area contributed by atoms with Crippen molar-refractivity contribution < 1.29 is 9.53 Å². The summed E-state index contributed by atoms with van der Waals surface area (Å²) in [6.45, 7) is 3.66. The van der Waals surface area contributed by atoms with Gasteiger partial charge in [0.1, 0.15) is 5.75 Å². The van der Waals surface area contributed by atoms with E-state index < -0.39 is 6.10 Å². The number of nitrogens with zero attached hydrogens (tertiary/aromatic N) is 1. The third-order valence-corrected chi connectivity index (χ3v) is 3.12. The van der Waals surface area contributed by atoms with Gasteiger partial charge in [0.2, 0.25) is 0 Å². The Hall–Kier alpha value is -1.88. The molecule has 1 heterocycles. The molecule has 1 unspecified atom stereocenters. The summed E-state index contributed by atoms with van der Waals surface area (Å²) in [4.78, 5) is 15.9. The molecule has 0 bridgehead atoms. The average Bonchev–Trinajstić information content (AvgIpc) is 2.84. The van der Waals surface area contributed by atoms with E-state index in [1.165, 1.54) is 11.3 Å². The van der Waals surface area contributed by atoms with Crippen LogP contribution in [0.3, 0.4) is 0 Å². The molecule has 0 fully saturated rings. The second-order valence-electron chi connectivity index (χ2n) is 3.85. The highest BCUT2D eigenvalue weighted by molar-refractivity contribution is 7.13. The second-order valence-corrected chi connectivity index (χ2v) is 4.75. The number of rotatable bonds is 4. The van der Waals surface area contributed by atoms with E-state index in [2.05, 4.69) is 10.3 Å². The first-order valence-electron chi connectivity index (χ1n) is 5.59. The summed E-state index contributed by atoms with van der Waals surface area (Å²) < 4.78 is 5.62. The van der Waals surface area contributed by atoms with Crippen LogP contribution >= 0.6 is 11.3 Å². The first-order valence-corrected chi connectivity index (χ1v) is 6.47. The van der Waals surface area contributed by atoms with Crippen LogP contribution in [0.4, 0.5) is 5.13 Å². The molecule has 5 heteroatoms. The summed E-state index contributed by atoms with van der Waals surface area (Å²) in [5.74, 6) is 0.521. The smallest absolute Gasteiger partial charge is 0.266 e. The molecular weight excluding hydrogens is 248 g/mol. The first kappa shape index (κ1) is 12.6. The minimum atomic E-state index is -0.560. The number of aryl methyl sites for hydroxylation is 1. The third-order valence-electron chi connectivity index (χ3n) is 2.43. The number of carbonyl (C=O) groups is 1. The van der Waals surface area contributed by atoms with E-state index in [1.54, 1.807) is 13.1 Å². The van der Waals surface area contributed by atoms with Crippen LogP contribution in [-0.2, 0) is 4.79 Å². The van der Waals surface area contributed by atoms with E-state index in [4.69, 9.17) is 4.74 Å². The number of hydrogen-bond acceptors (Lipinski definition) is 4. The fraction of sp³-hybridized carbons (Fsp3) is 0.231. The highest BCUT2D eigenvalue weighted by atomic mass is 32.1. The number of aromatic nitrogens is 1. The van der Waals surface area contributed by atoms with Crippen molar-refractivity contribution >= 4 is 22.4 Å². The van der Waals surface area contributed by atoms with E-state index in [0.29, 0.717) is 5.13 Å². The molecule has 1 atom stereocenters. The van der Waals surface area contributed by atoms with Crippen LogP contribution in [0, 0.1) is 6.92 Å². The SMILES string of the molecule is Cc1ccccc1OC(C)C(=O)Nc1nccs1. The zero-order valence-electron chi connectivity index (χ0n) is 10.2. The van der Waals surface area contributed by atoms with Gasteiger partial charge < -0.3 is 4.74 Å². The van der Waals surface area contributed by atoms with E-state index >= 15 is 0 Å². The molecular formula is C13H14N2O2S. The molecule has 18 heavy (non-hydrogen) atoms. The second kappa shape index (κ2) is 5.64. The molecule has 4 nitrogen and oxygen atoms in total. The summed E-state index contributed by atoms with van der Waals surface area (Å²) in [5, 5.41) is 5.10. The Morgan fingerprint density at radius 2 is 2.22 bits per heavy atom. The molecule has 2 aromatic rings. The van der Waals surface area contributed by atoms with Crippen LogP contribution in [0.1, 0.15) is 12.5 Å². The fourth-order valence-corrected chi connectivity index (χ4v) is 1.96. The molecule has 0 saturated heterocycles. The Balaban J connectivity index is 1.97. The largest absolute Gasteiger partial charge is 0.481 e. The lowest BCUT2D eigenvalue weighted by Gasteiger charge is -2.15. The number of amides is 1. The van der Waals surface area contributed by atoms with Gasteiger partial charge in [-0.05, 0) is 25.5 Å². The van der Waals surface area contributed by atoms with Gasteiger partial charge in [-0.15, -0.1) is 11.3 Å². The summed E-state index contributed by atoms with van der Waals surface area (Å²) in [7, 11) is 0. The van der Waals surface area contributed by atoms with E-state index in [0.717, 1.165) is 11.3 Å². The van der Waals surface area contributed by atoms with Crippen LogP contribution in [0.5, 0.6) is 5.75 Å². The number of hydrogen-bond donors (Lipinski definition) is 1. The first-order chi connectivity index (χ1) is 8.66. The predicted molar refractivity (Wildman–Crippen MR) is 72.0 cm³/mol. The van der Waals surface area contributed by atoms with Gasteiger partial charge in [-0.3, -0.25) is 10.1 Å². The molecule has 0 spiro atoms. The van der Waals surface area contributed by atoms with Gasteiger partial charge in [-0.2, -0.15) is 0 Å². The lowest BCUT2D eigenvalue weighted by atomic mass is 10.2. The van der Waals surface area contributed by atoms with E-state index in [9.17, 15) is 4.79 Å². The maximum atomic E-state index is 11.9. The predicted octanol–water partition coefficient (Wildman–Crippen LogP) is 2.86. The van der Waals surface area contributed by atoms with Crippen LogP contribution in [0.25, 0.3) is 0 Å². The highest BCUT2D eigenvalue weighted by Crippen LogP contribution is 2.18. The maximum Gasteiger partial charge on any atom is 0.266 e. The molecule has 0 saturated carbocycles. The average molecular weight is 262 g/mol. The van der Waals surface area contributed by atoms with Crippen molar-refractivity contribution in [2.75, 3.05) is 5.32 Å². The zero-order chi connectivity index (χ0) is 13.0. The van der Waals surface area contributed by atoms with Crippen molar-refractivity contribution in [3.8, 4) is 5.75 Å². The number of thiazole rings is 1. The van der Waals surface area contributed by atoms with Gasteiger partial charge in [-0.1, -0.05) is 18.2 Å². The molecule has 94 valence electrons. The number of ether oxygens (including phenoxy) is 1. The Kier molecular flexibility index (Phi) is 3.94. The standard InChI is InChI=1S/C13H14N2O2S/c1-9-5-3-4-6-11(9)17-10(2)12(16)15-13-14-7-8-18-13/h3-8,10H,1-2H3,(H,14,15,16). The van der Waals surface area contributed by atoms with Gasteiger partial charge in [0, 0.05) is 11.6 Å². The molecule has 1 aromatic carbocycles. The number of benzene rings is 1. The molecule has 1 N–H and O–H groups in total. The summed E-state index contributed by atoms with van der Waals surface area (Å²) in [5.41, 5.74) is 1.01. The Morgan fingerprint density at radius 3 is 2.89 bits per heavy atom. The number of para-hydroxylation sites is 1. The minimum Gasteiger partial charge on any atom is -0.481 e. The third kappa shape index (κ3) is 3.07. The van der Waals surface area contributed by atoms with Gasteiger partial charge in [0.05, 0.1) is 0 Å². The summed E-state index contributed by atoms with van der Waals surface area (Å²) in [6, 6.07) is 7.61. The molecule has 0 aliphatic heterocycles. The van der Waals surface area contributed by atoms with Crippen molar-refractivity contribution in [2.45, 2.75) is 20.0 Å². The van der Waals surface area contributed by atoms with Crippen molar-refractivity contribution in [3.63, 3.8) is 0 Å². The van der Waals surface area contributed by atoms with Crippen molar-refractivity contribution in [3.05, 3.63) is 41.4 Å². The maximum absolute atomic E-state index is 11.9. The monoisotopic (exact) mass is 262 g/mol. The molecule has 0 aliphatic carbocycles. The fourth-order valence-electron chi connectivity index (χ4n) is 1.42. The van der Waals surface area contributed by atoms with Gasteiger partial charge in [0.25, 0.3) is 5.91 Å². The zero-order valence-corrected chi connectivity index (χ0v) is 11.0. The van der Waals surface area contributed by atoms with Crippen LogP contribution in [0.2, 0.25) is 0 Å². The molecule has 1 amide bonds. The Morgan fingerprint density at radius 1 is 1.44 bits per heavy atom. The number of nitrogens with one attached hydrogen (secondary N) is 1. The Labute approximate surface area is 110 Å². The van der Waals surface area contributed by atoms with Crippen molar-refractivity contribution in [2.24, 2.45) is 0 Å². The normalized spacial score (nSPS) is 11.9. The molecule has 2 rings (SSSR count). The topological polar surface area (TPSA) is 51.2 Å². The molecule has 0 aliphatic rings. The number of anilines is 1. The Bertz CT molecular complexity index is 526. The highest BCUT2D eigenvalue weighted by Gasteiger charge is 2.16. The molecule has 0 radical (unpaired) electrons. The van der Waals surface area contributed by atoms with E-state index in [1.807, 2.05) is 36.6 Å². The van der Waals surface area contributed by atoms with E-state index in [-0.39, 0.29) is 5.91 Å². The van der Waals surface area contributed by atoms with Crippen molar-refractivity contribution in [1.29, 1.82) is 0 Å². The van der Waals surface area contributed by atoms with Crippen LogP contribution in [0.15, 0.2) is 35.8 Å². The molecule has 1 aromatic heterocycles. The van der Waals surface area contributed by atoms with Crippen LogP contribution in [-0.4, -0.2) is 17.0 Å². The number of carbonyl (C=O) groups excluding carboxylic acids is 1. The summed E-state index contributed by atoms with van der Waals surface area (Å²) in [6.07, 6.45) is 1.09. The van der Waals surface area contributed by atoms with Gasteiger partial charge >= 0.3 is 0 Å². The van der Waals surface area contributed by atoms with Gasteiger partial charge in [-0.25, -0.2) is 4.98 Å². The quantitative estimate of drug-likeness (QED) is 0.921. The van der Waals surface area contributed by atoms with Gasteiger partial charge in [0.15, 0.2) is 11.2 Å². The minimum absolute atomic E-state index is 0.201.